The SMILES string of the molecule is COC(=O)/C=C(\C=C\CN(C/C=C/I)S(=O)(=O)c1ccc(C)cc1)c1ccccc1. The molecule has 2 rings (SSSR count). The number of allylic oxidation sites excluding steroid dienone is 2. The van der Waals surface area contributed by atoms with E-state index in [0.717, 1.165) is 11.1 Å². The van der Waals surface area contributed by atoms with Crippen molar-refractivity contribution in [1.29, 1.82) is 0 Å². The Kier molecular flexibility index (Phi) is 9.48. The molecule has 0 atom stereocenters. The number of benzene rings is 2. The van der Waals surface area contributed by atoms with Crippen LogP contribution < -0.4 is 0 Å². The average molecular weight is 537 g/mol. The molecule has 0 radical (unpaired) electrons. The molecule has 0 spiro atoms. The van der Waals surface area contributed by atoms with Crippen molar-refractivity contribution in [2.75, 3.05) is 20.2 Å². The molecule has 0 fully saturated rings. The zero-order valence-electron chi connectivity index (χ0n) is 16.9. The number of carbonyl (C=O) groups is 1. The van der Waals surface area contributed by atoms with Crippen molar-refractivity contribution in [2.45, 2.75) is 11.8 Å². The van der Waals surface area contributed by atoms with Crippen LogP contribution in [0.15, 0.2) is 87.9 Å². The van der Waals surface area contributed by atoms with Crippen LogP contribution in [0, 0.1) is 6.92 Å². The first-order valence-electron chi connectivity index (χ1n) is 9.22. The Labute approximate surface area is 191 Å². The maximum absolute atomic E-state index is 13.1. The number of nitrogens with zero attached hydrogens (tertiary/aromatic N) is 1. The van der Waals surface area contributed by atoms with Crippen LogP contribution in [0.3, 0.4) is 0 Å². The second-order valence-corrected chi connectivity index (χ2v) is 9.05. The van der Waals surface area contributed by atoms with Gasteiger partial charge < -0.3 is 4.74 Å². The molecule has 0 aliphatic heterocycles. The summed E-state index contributed by atoms with van der Waals surface area (Å²) in [6.07, 6.45) is 6.63. The lowest BCUT2D eigenvalue weighted by molar-refractivity contribution is -0.134. The van der Waals surface area contributed by atoms with Crippen molar-refractivity contribution in [2.24, 2.45) is 0 Å². The normalized spacial score (nSPS) is 12.7. The topological polar surface area (TPSA) is 63.7 Å². The Bertz CT molecular complexity index is 1030. The fourth-order valence-corrected chi connectivity index (χ4v) is 4.20. The summed E-state index contributed by atoms with van der Waals surface area (Å²) in [5.74, 6) is -0.476. The van der Waals surface area contributed by atoms with Crippen molar-refractivity contribution >= 4 is 44.2 Å². The summed E-state index contributed by atoms with van der Waals surface area (Å²) in [5, 5.41) is 0. The summed E-state index contributed by atoms with van der Waals surface area (Å²) < 4.78 is 34.1. The molecule has 158 valence electrons. The van der Waals surface area contributed by atoms with Gasteiger partial charge in [0.25, 0.3) is 0 Å². The first kappa shape index (κ1) is 24.0. The lowest BCUT2D eigenvalue weighted by Gasteiger charge is -2.19. The fourth-order valence-electron chi connectivity index (χ4n) is 2.63. The van der Waals surface area contributed by atoms with Gasteiger partial charge in [-0.1, -0.05) is 88.8 Å². The van der Waals surface area contributed by atoms with E-state index < -0.39 is 16.0 Å². The Hall–Kier alpha value is -2.23. The molecule has 2 aromatic rings. The highest BCUT2D eigenvalue weighted by Crippen LogP contribution is 2.19. The number of hydrogen-bond donors (Lipinski definition) is 0. The summed E-state index contributed by atoms with van der Waals surface area (Å²) in [4.78, 5) is 12.0. The van der Waals surface area contributed by atoms with E-state index >= 15 is 0 Å². The van der Waals surface area contributed by atoms with E-state index in [1.807, 2.05) is 37.3 Å². The van der Waals surface area contributed by atoms with Crippen molar-refractivity contribution in [3.63, 3.8) is 0 Å². The molecule has 5 nitrogen and oxygen atoms in total. The van der Waals surface area contributed by atoms with E-state index in [9.17, 15) is 13.2 Å². The first-order chi connectivity index (χ1) is 14.4. The second-order valence-electron chi connectivity index (χ2n) is 6.39. The lowest BCUT2D eigenvalue weighted by Crippen LogP contribution is -2.31. The summed E-state index contributed by atoms with van der Waals surface area (Å²) in [7, 11) is -2.35. The molecule has 0 aromatic heterocycles. The van der Waals surface area contributed by atoms with E-state index in [0.29, 0.717) is 5.57 Å². The average Bonchev–Trinajstić information content (AvgIpc) is 2.75. The van der Waals surface area contributed by atoms with Crippen molar-refractivity contribution in [3.8, 4) is 0 Å². The number of carbonyl (C=O) groups excluding carboxylic acids is 1. The van der Waals surface area contributed by atoms with Gasteiger partial charge in [-0.3, -0.25) is 0 Å². The quantitative estimate of drug-likeness (QED) is 0.201. The monoisotopic (exact) mass is 537 g/mol. The third-order valence-electron chi connectivity index (χ3n) is 4.25. The minimum atomic E-state index is -3.66. The number of aryl methyl sites for hydroxylation is 1. The van der Waals surface area contributed by atoms with Gasteiger partial charge in [0.15, 0.2) is 0 Å². The largest absolute Gasteiger partial charge is 0.466 e. The third-order valence-corrected chi connectivity index (χ3v) is 6.60. The van der Waals surface area contributed by atoms with Crippen LogP contribution in [-0.4, -0.2) is 38.9 Å². The Morgan fingerprint density at radius 1 is 1.03 bits per heavy atom. The van der Waals surface area contributed by atoms with Gasteiger partial charge in [-0.2, -0.15) is 4.31 Å². The first-order valence-corrected chi connectivity index (χ1v) is 11.9. The van der Waals surface area contributed by atoms with Gasteiger partial charge in [-0.25, -0.2) is 13.2 Å². The fraction of sp³-hybridized carbons (Fsp3) is 0.174. The summed E-state index contributed by atoms with van der Waals surface area (Å²) >= 11 is 2.06. The van der Waals surface area contributed by atoms with Crippen LogP contribution in [0.5, 0.6) is 0 Å². The molecular formula is C23H24INO4S. The number of ether oxygens (including phenoxy) is 1. The van der Waals surface area contributed by atoms with Gasteiger partial charge in [0.1, 0.15) is 0 Å². The number of sulfonamides is 1. The standard InChI is InChI=1S/C23H24INO4S/c1-19-11-13-22(14-12-19)30(27,28)25(17-7-15-24)16-6-10-21(18-23(26)29-2)20-8-4-3-5-9-20/h3-15,18H,16-17H2,1-2H3/b10-6+,15-7+,21-18+. The van der Waals surface area contributed by atoms with Gasteiger partial charge in [-0.05, 0) is 34.3 Å². The molecule has 7 heteroatoms. The molecule has 0 heterocycles. The van der Waals surface area contributed by atoms with Crippen molar-refractivity contribution in [1.82, 2.24) is 4.31 Å². The molecule has 0 unspecified atom stereocenters. The molecule has 0 saturated carbocycles. The van der Waals surface area contributed by atoms with Gasteiger partial charge in [0.2, 0.25) is 10.0 Å². The van der Waals surface area contributed by atoms with Gasteiger partial charge >= 0.3 is 5.97 Å². The molecule has 0 bridgehead atoms. The molecule has 0 N–H and O–H groups in total. The number of hydrogen-bond acceptors (Lipinski definition) is 4. The van der Waals surface area contributed by atoms with Crippen molar-refractivity contribution < 1.29 is 17.9 Å². The van der Waals surface area contributed by atoms with E-state index in [4.69, 9.17) is 4.74 Å². The maximum Gasteiger partial charge on any atom is 0.331 e. The zero-order valence-corrected chi connectivity index (χ0v) is 19.8. The Balaban J connectivity index is 2.31. The Morgan fingerprint density at radius 2 is 1.67 bits per heavy atom. The van der Waals surface area contributed by atoms with Crippen LogP contribution in [0.2, 0.25) is 0 Å². The molecule has 30 heavy (non-hydrogen) atoms. The van der Waals surface area contributed by atoms with Crippen LogP contribution in [0.25, 0.3) is 5.57 Å². The second kappa shape index (κ2) is 11.8. The number of halogens is 1. The zero-order chi connectivity index (χ0) is 22.0. The van der Waals surface area contributed by atoms with Crippen LogP contribution in [-0.2, 0) is 19.6 Å². The van der Waals surface area contributed by atoms with Gasteiger partial charge in [0.05, 0.1) is 12.0 Å². The number of esters is 1. The molecule has 0 aliphatic carbocycles. The van der Waals surface area contributed by atoms with E-state index in [-0.39, 0.29) is 18.0 Å². The van der Waals surface area contributed by atoms with Crippen LogP contribution >= 0.6 is 22.6 Å². The molecule has 0 saturated heterocycles. The third kappa shape index (κ3) is 6.93. The number of methoxy groups -OCH3 is 1. The molecular weight excluding hydrogens is 513 g/mol. The molecule has 0 aliphatic rings. The Morgan fingerprint density at radius 3 is 2.27 bits per heavy atom. The minimum absolute atomic E-state index is 0.155. The highest BCUT2D eigenvalue weighted by Gasteiger charge is 2.22. The van der Waals surface area contributed by atoms with Crippen LogP contribution in [0.4, 0.5) is 0 Å². The number of rotatable bonds is 9. The summed E-state index contributed by atoms with van der Waals surface area (Å²) in [6, 6.07) is 16.2. The predicted molar refractivity (Wildman–Crippen MR) is 129 cm³/mol. The highest BCUT2D eigenvalue weighted by molar-refractivity contribution is 14.1. The van der Waals surface area contributed by atoms with Crippen LogP contribution in [0.1, 0.15) is 11.1 Å². The van der Waals surface area contributed by atoms with E-state index in [1.54, 1.807) is 46.6 Å². The maximum atomic E-state index is 13.1. The van der Waals surface area contributed by atoms with Gasteiger partial charge in [-0.15, -0.1) is 0 Å². The van der Waals surface area contributed by atoms with Gasteiger partial charge in [0, 0.05) is 19.2 Å². The molecule has 0 amide bonds. The summed E-state index contributed by atoms with van der Waals surface area (Å²) in [6.45, 7) is 2.31. The van der Waals surface area contributed by atoms with E-state index in [2.05, 4.69) is 22.6 Å². The highest BCUT2D eigenvalue weighted by atomic mass is 127. The minimum Gasteiger partial charge on any atom is -0.466 e. The van der Waals surface area contributed by atoms with Crippen molar-refractivity contribution in [3.05, 3.63) is 94.1 Å². The molecule has 2 aromatic carbocycles. The smallest absolute Gasteiger partial charge is 0.331 e. The predicted octanol–water partition coefficient (Wildman–Crippen LogP) is 4.75. The van der Waals surface area contributed by atoms with E-state index in [1.165, 1.54) is 17.5 Å². The lowest BCUT2D eigenvalue weighted by atomic mass is 10.1. The summed E-state index contributed by atoms with van der Waals surface area (Å²) in [5.41, 5.74) is 2.46.